The minimum Gasteiger partial charge on any atom is -0.441 e. The Hall–Kier alpha value is -5.15. The van der Waals surface area contributed by atoms with Crippen LogP contribution in [0.15, 0.2) is 59.9 Å². The number of alkyl halides is 3. The number of carbonyl (C=O) groups excluding carboxylic acids is 1. The first-order valence-corrected chi connectivity index (χ1v) is 13.1. The van der Waals surface area contributed by atoms with E-state index in [4.69, 9.17) is 13.6 Å². The van der Waals surface area contributed by atoms with Gasteiger partial charge in [0.2, 0.25) is 0 Å². The average molecular weight is 603 g/mol. The molecule has 0 aliphatic carbocycles. The molecule has 0 aliphatic rings. The number of nitrogens with zero attached hydrogens (tertiary/aromatic N) is 6. The smallest absolute Gasteiger partial charge is 0.441 e. The summed E-state index contributed by atoms with van der Waals surface area (Å²) in [5, 5.41) is 4.20. The number of halogens is 3. The third-order valence-corrected chi connectivity index (χ3v) is 6.62. The summed E-state index contributed by atoms with van der Waals surface area (Å²) in [6.45, 7) is 4.54. The molecular weight excluding hydrogens is 577 g/mol. The minimum atomic E-state index is -4.52. The Bertz CT molecular complexity index is 2010. The quantitative estimate of drug-likeness (QED) is 0.259. The van der Waals surface area contributed by atoms with Gasteiger partial charge in [-0.05, 0) is 38.0 Å². The summed E-state index contributed by atoms with van der Waals surface area (Å²) in [7, 11) is 0. The van der Waals surface area contributed by atoms with Gasteiger partial charge in [0.15, 0.2) is 35.1 Å². The van der Waals surface area contributed by atoms with Crippen LogP contribution in [0.3, 0.4) is 0 Å². The number of benzene rings is 1. The molecule has 0 aliphatic heterocycles. The first-order valence-electron chi connectivity index (χ1n) is 13.1. The van der Waals surface area contributed by atoms with Crippen molar-refractivity contribution in [2.75, 3.05) is 0 Å². The Labute approximate surface area is 239 Å². The maximum atomic E-state index is 13.6. The van der Waals surface area contributed by atoms with Crippen LogP contribution in [0.5, 0.6) is 0 Å². The second-order valence-electron chi connectivity index (χ2n) is 9.54. The molecule has 0 fully saturated rings. The van der Waals surface area contributed by atoms with Gasteiger partial charge in [-0.3, -0.25) is 18.6 Å². The van der Waals surface area contributed by atoms with E-state index in [1.165, 1.54) is 40.7 Å². The van der Waals surface area contributed by atoms with E-state index in [-0.39, 0.29) is 53.7 Å². The lowest BCUT2D eigenvalue weighted by molar-refractivity contribution is -0.137. The zero-order chi connectivity index (χ0) is 31.1. The van der Waals surface area contributed by atoms with E-state index in [1.807, 2.05) is 0 Å². The zero-order valence-corrected chi connectivity index (χ0v) is 23.2. The van der Waals surface area contributed by atoms with Gasteiger partial charge in [0.25, 0.3) is 5.56 Å². The van der Waals surface area contributed by atoms with Gasteiger partial charge in [0, 0.05) is 19.3 Å². The standard InChI is InChI=1S/C27H25F3N6O7/c1-4-9-35-23(37)20-22(34(5-2)24(35)38)32-21(36(20)25(39)41-14-19-15(3)42-26(40)43-19)17-11-31-33(13-17)12-16-7-6-8-18(10-16)27(28,29)30/h6-8,10-11,13H,4-5,9,12,14H2,1-3H3. The van der Waals surface area contributed by atoms with Crippen LogP contribution in [0.4, 0.5) is 18.0 Å². The zero-order valence-electron chi connectivity index (χ0n) is 23.2. The van der Waals surface area contributed by atoms with Gasteiger partial charge in [-0.25, -0.2) is 23.9 Å². The first-order chi connectivity index (χ1) is 20.4. The topological polar surface area (TPSA) is 149 Å². The molecule has 0 saturated carbocycles. The van der Waals surface area contributed by atoms with Crippen molar-refractivity contribution >= 4 is 17.3 Å². The predicted octanol–water partition coefficient (Wildman–Crippen LogP) is 3.76. The van der Waals surface area contributed by atoms with Crippen LogP contribution in [-0.4, -0.2) is 34.6 Å². The number of hydrogen-bond donors (Lipinski definition) is 0. The maximum Gasteiger partial charge on any atom is 0.519 e. The Morgan fingerprint density at radius 2 is 1.86 bits per heavy atom. The number of ether oxygens (including phenoxy) is 1. The second kappa shape index (κ2) is 11.3. The Kier molecular flexibility index (Phi) is 7.69. The molecule has 4 aromatic heterocycles. The molecule has 0 N–H and O–H groups in total. The van der Waals surface area contributed by atoms with Crippen LogP contribution in [0, 0.1) is 6.92 Å². The third-order valence-electron chi connectivity index (χ3n) is 6.62. The highest BCUT2D eigenvalue weighted by molar-refractivity contribution is 5.90. The Morgan fingerprint density at radius 3 is 2.51 bits per heavy atom. The number of rotatable bonds is 8. The van der Waals surface area contributed by atoms with Gasteiger partial charge in [-0.15, -0.1) is 0 Å². The van der Waals surface area contributed by atoms with Crippen molar-refractivity contribution in [1.82, 2.24) is 28.5 Å². The van der Waals surface area contributed by atoms with Gasteiger partial charge >= 0.3 is 23.8 Å². The molecule has 43 heavy (non-hydrogen) atoms. The highest BCUT2D eigenvalue weighted by atomic mass is 19.4. The summed E-state index contributed by atoms with van der Waals surface area (Å²) < 4.78 is 59.1. The molecule has 5 rings (SSSR count). The van der Waals surface area contributed by atoms with Gasteiger partial charge in [0.05, 0.1) is 23.9 Å². The van der Waals surface area contributed by atoms with E-state index in [0.717, 1.165) is 21.3 Å². The summed E-state index contributed by atoms with van der Waals surface area (Å²) in [5.74, 6) is -1.05. The fourth-order valence-corrected chi connectivity index (χ4v) is 4.61. The lowest BCUT2D eigenvalue weighted by atomic mass is 10.1. The molecule has 13 nitrogen and oxygen atoms in total. The van der Waals surface area contributed by atoms with Crippen LogP contribution in [0.1, 0.15) is 42.9 Å². The van der Waals surface area contributed by atoms with Gasteiger partial charge < -0.3 is 13.6 Å². The lowest BCUT2D eigenvalue weighted by Gasteiger charge is -2.10. The Balaban J connectivity index is 1.62. The molecule has 16 heteroatoms. The molecule has 0 amide bonds. The van der Waals surface area contributed by atoms with Crippen molar-refractivity contribution in [2.45, 2.75) is 59.6 Å². The minimum absolute atomic E-state index is 0.0453. The maximum absolute atomic E-state index is 13.6. The average Bonchev–Trinajstić information content (AvgIpc) is 3.66. The number of aromatic nitrogens is 6. The number of aryl methyl sites for hydroxylation is 2. The van der Waals surface area contributed by atoms with Crippen LogP contribution < -0.4 is 17.1 Å². The van der Waals surface area contributed by atoms with E-state index in [1.54, 1.807) is 13.8 Å². The molecule has 0 atom stereocenters. The Morgan fingerprint density at radius 1 is 1.09 bits per heavy atom. The van der Waals surface area contributed by atoms with Crippen molar-refractivity contribution in [3.05, 3.63) is 90.8 Å². The first kappa shape index (κ1) is 29.3. The molecule has 0 radical (unpaired) electrons. The molecule has 4 heterocycles. The summed E-state index contributed by atoms with van der Waals surface area (Å²) in [4.78, 5) is 56.1. The number of carbonyl (C=O) groups is 1. The molecule has 5 aromatic rings. The molecular formula is C27H25F3N6O7. The predicted molar refractivity (Wildman–Crippen MR) is 144 cm³/mol. The highest BCUT2D eigenvalue weighted by Crippen LogP contribution is 2.30. The monoisotopic (exact) mass is 602 g/mol. The summed E-state index contributed by atoms with van der Waals surface area (Å²) in [6, 6.07) is 4.75. The van der Waals surface area contributed by atoms with E-state index < -0.39 is 41.5 Å². The van der Waals surface area contributed by atoms with E-state index in [0.29, 0.717) is 12.0 Å². The number of hydrogen-bond acceptors (Lipinski definition) is 9. The van der Waals surface area contributed by atoms with Gasteiger partial charge in [-0.2, -0.15) is 18.3 Å². The molecule has 0 bridgehead atoms. The van der Waals surface area contributed by atoms with Crippen molar-refractivity contribution in [2.24, 2.45) is 0 Å². The summed E-state index contributed by atoms with van der Waals surface area (Å²) in [5.41, 5.74) is -1.97. The largest absolute Gasteiger partial charge is 0.519 e. The van der Waals surface area contributed by atoms with Crippen LogP contribution in [-0.2, 0) is 37.2 Å². The van der Waals surface area contributed by atoms with Crippen LogP contribution >= 0.6 is 0 Å². The van der Waals surface area contributed by atoms with Crippen molar-refractivity contribution in [1.29, 1.82) is 0 Å². The van der Waals surface area contributed by atoms with E-state index in [9.17, 15) is 32.3 Å². The number of imidazole rings is 1. The normalized spacial score (nSPS) is 11.9. The van der Waals surface area contributed by atoms with Crippen LogP contribution in [0.25, 0.3) is 22.6 Å². The number of fused-ring (bicyclic) bond motifs is 1. The van der Waals surface area contributed by atoms with Gasteiger partial charge in [-0.1, -0.05) is 19.1 Å². The summed E-state index contributed by atoms with van der Waals surface area (Å²) in [6.07, 6.45) is -2.39. The fraction of sp³-hybridized carbons (Fsp3) is 0.333. The lowest BCUT2D eigenvalue weighted by Crippen LogP contribution is -2.40. The third kappa shape index (κ3) is 5.54. The van der Waals surface area contributed by atoms with Crippen molar-refractivity contribution < 1.29 is 31.5 Å². The van der Waals surface area contributed by atoms with Gasteiger partial charge in [0.1, 0.15) is 0 Å². The SMILES string of the molecule is CCCn1c(=O)c2c(nc(-c3cnn(Cc4cccc(C(F)(F)F)c4)c3)n2C(=O)OCc2oc(=O)oc2C)n(CC)c1=O. The second-order valence-corrected chi connectivity index (χ2v) is 9.54. The molecule has 0 unspecified atom stereocenters. The van der Waals surface area contributed by atoms with E-state index >= 15 is 0 Å². The molecule has 226 valence electrons. The van der Waals surface area contributed by atoms with E-state index in [2.05, 4.69) is 10.1 Å². The fourth-order valence-electron chi connectivity index (χ4n) is 4.61. The van der Waals surface area contributed by atoms with Crippen LogP contribution in [0.2, 0.25) is 0 Å². The van der Waals surface area contributed by atoms with Crippen molar-refractivity contribution in [3.8, 4) is 11.4 Å². The molecule has 0 spiro atoms. The molecule has 1 aromatic carbocycles. The highest BCUT2D eigenvalue weighted by Gasteiger charge is 2.31. The summed E-state index contributed by atoms with van der Waals surface area (Å²) >= 11 is 0. The van der Waals surface area contributed by atoms with Crippen molar-refractivity contribution in [3.63, 3.8) is 0 Å². The molecule has 0 saturated heterocycles.